The van der Waals surface area contributed by atoms with Crippen molar-refractivity contribution in [3.63, 3.8) is 0 Å². The standard InChI is InChI=1S/C17H15FN4O2S/c18-10-3-1-9(2-4-10)14-6-12-15(25-14)17(21-8-20-12)22-7-11(23)5-13(22)16(19)24/h1-4,6,8,11,13,23H,5,7H2,(H2,19,24)/t11-,13-/m0/s1. The number of rotatable bonds is 3. The van der Waals surface area contributed by atoms with Crippen molar-refractivity contribution in [3.05, 3.63) is 42.5 Å². The van der Waals surface area contributed by atoms with Gasteiger partial charge in [-0.15, -0.1) is 11.3 Å². The van der Waals surface area contributed by atoms with Crippen molar-refractivity contribution in [1.29, 1.82) is 0 Å². The summed E-state index contributed by atoms with van der Waals surface area (Å²) in [6.07, 6.45) is 1.09. The smallest absolute Gasteiger partial charge is 0.240 e. The van der Waals surface area contributed by atoms with Crippen molar-refractivity contribution >= 4 is 33.3 Å². The van der Waals surface area contributed by atoms with Gasteiger partial charge in [-0.25, -0.2) is 14.4 Å². The van der Waals surface area contributed by atoms with E-state index in [0.29, 0.717) is 12.4 Å². The highest BCUT2D eigenvalue weighted by Gasteiger charge is 2.36. The quantitative estimate of drug-likeness (QED) is 0.746. The van der Waals surface area contributed by atoms with Crippen molar-refractivity contribution in [3.8, 4) is 10.4 Å². The third-order valence-electron chi connectivity index (χ3n) is 4.30. The molecular weight excluding hydrogens is 343 g/mol. The number of primary amides is 1. The van der Waals surface area contributed by atoms with Crippen LogP contribution in [0.4, 0.5) is 10.2 Å². The molecule has 1 fully saturated rings. The number of aliphatic hydroxyl groups is 1. The molecule has 1 amide bonds. The minimum absolute atomic E-state index is 0.289. The van der Waals surface area contributed by atoms with Gasteiger partial charge < -0.3 is 15.7 Å². The molecule has 6 nitrogen and oxygen atoms in total. The highest BCUT2D eigenvalue weighted by Crippen LogP contribution is 2.38. The third-order valence-corrected chi connectivity index (χ3v) is 5.47. The molecule has 4 rings (SSSR count). The lowest BCUT2D eigenvalue weighted by Gasteiger charge is -2.23. The van der Waals surface area contributed by atoms with Gasteiger partial charge in [-0.3, -0.25) is 4.79 Å². The highest BCUT2D eigenvalue weighted by molar-refractivity contribution is 7.22. The van der Waals surface area contributed by atoms with Crippen molar-refractivity contribution in [1.82, 2.24) is 9.97 Å². The number of aliphatic hydroxyl groups excluding tert-OH is 1. The number of anilines is 1. The van der Waals surface area contributed by atoms with Crippen LogP contribution < -0.4 is 10.6 Å². The fraction of sp³-hybridized carbons (Fsp3) is 0.235. The molecule has 2 atom stereocenters. The Hall–Kier alpha value is -2.58. The van der Waals surface area contributed by atoms with Crippen LogP contribution in [-0.2, 0) is 4.79 Å². The molecule has 0 bridgehead atoms. The first-order chi connectivity index (χ1) is 12.0. The Kier molecular flexibility index (Phi) is 3.85. The Bertz CT molecular complexity index is 943. The molecule has 1 aliphatic heterocycles. The molecule has 1 aromatic carbocycles. The number of amides is 1. The first-order valence-electron chi connectivity index (χ1n) is 7.77. The van der Waals surface area contributed by atoms with E-state index in [1.54, 1.807) is 17.0 Å². The third kappa shape index (κ3) is 2.83. The lowest BCUT2D eigenvalue weighted by molar-refractivity contribution is -0.119. The topological polar surface area (TPSA) is 92.3 Å². The number of halogens is 1. The molecule has 8 heteroatoms. The van der Waals surface area contributed by atoms with Crippen LogP contribution in [0, 0.1) is 5.82 Å². The molecule has 3 N–H and O–H groups in total. The van der Waals surface area contributed by atoms with E-state index in [4.69, 9.17) is 5.73 Å². The average Bonchev–Trinajstić information content (AvgIpc) is 3.18. The second kappa shape index (κ2) is 6.05. The zero-order valence-electron chi connectivity index (χ0n) is 13.1. The summed E-state index contributed by atoms with van der Waals surface area (Å²) in [6, 6.07) is 7.55. The molecule has 0 unspecified atom stereocenters. The lowest BCUT2D eigenvalue weighted by atomic mass is 10.2. The van der Waals surface area contributed by atoms with Gasteiger partial charge in [0.05, 0.1) is 16.3 Å². The summed E-state index contributed by atoms with van der Waals surface area (Å²) in [5.74, 6) is -0.192. The van der Waals surface area contributed by atoms with Gasteiger partial charge >= 0.3 is 0 Å². The fourth-order valence-corrected chi connectivity index (χ4v) is 4.24. The minimum atomic E-state index is -0.626. The van der Waals surface area contributed by atoms with Crippen molar-refractivity contribution in [2.24, 2.45) is 5.73 Å². The number of thiophene rings is 1. The van der Waals surface area contributed by atoms with Gasteiger partial charge in [0, 0.05) is 17.8 Å². The maximum Gasteiger partial charge on any atom is 0.240 e. The average molecular weight is 358 g/mol. The van der Waals surface area contributed by atoms with E-state index in [1.807, 2.05) is 6.07 Å². The van der Waals surface area contributed by atoms with Crippen LogP contribution in [0.1, 0.15) is 6.42 Å². The van der Waals surface area contributed by atoms with Crippen LogP contribution in [0.15, 0.2) is 36.7 Å². The zero-order valence-corrected chi connectivity index (χ0v) is 13.9. The van der Waals surface area contributed by atoms with E-state index in [1.165, 1.54) is 29.8 Å². The number of carbonyl (C=O) groups is 1. The molecule has 3 heterocycles. The molecule has 0 aliphatic carbocycles. The summed E-state index contributed by atoms with van der Waals surface area (Å²) in [7, 11) is 0. The Morgan fingerprint density at radius 3 is 2.80 bits per heavy atom. The largest absolute Gasteiger partial charge is 0.391 e. The Morgan fingerprint density at radius 2 is 2.08 bits per heavy atom. The molecule has 128 valence electrons. The normalized spacial score (nSPS) is 20.3. The van der Waals surface area contributed by atoms with Crippen molar-refractivity contribution in [2.75, 3.05) is 11.4 Å². The van der Waals surface area contributed by atoms with Crippen LogP contribution in [0.5, 0.6) is 0 Å². The molecule has 1 saturated heterocycles. The molecule has 0 spiro atoms. The lowest BCUT2D eigenvalue weighted by Crippen LogP contribution is -2.40. The fourth-order valence-electron chi connectivity index (χ4n) is 3.12. The monoisotopic (exact) mass is 358 g/mol. The summed E-state index contributed by atoms with van der Waals surface area (Å²) in [5, 5.41) is 9.94. The van der Waals surface area contributed by atoms with E-state index in [-0.39, 0.29) is 12.2 Å². The number of fused-ring (bicyclic) bond motifs is 1. The Morgan fingerprint density at radius 1 is 1.32 bits per heavy atom. The number of nitrogens with zero attached hydrogens (tertiary/aromatic N) is 3. The van der Waals surface area contributed by atoms with Gasteiger partial charge in [-0.2, -0.15) is 0 Å². The van der Waals surface area contributed by atoms with E-state index < -0.39 is 18.1 Å². The molecule has 3 aromatic rings. The van der Waals surface area contributed by atoms with Gasteiger partial charge in [0.15, 0.2) is 5.82 Å². The number of benzene rings is 1. The van der Waals surface area contributed by atoms with Gasteiger partial charge in [-0.1, -0.05) is 12.1 Å². The van der Waals surface area contributed by atoms with E-state index in [2.05, 4.69) is 9.97 Å². The maximum atomic E-state index is 13.1. The number of nitrogens with two attached hydrogens (primary N) is 1. The number of hydrogen-bond donors (Lipinski definition) is 2. The summed E-state index contributed by atoms with van der Waals surface area (Å²) >= 11 is 1.46. The summed E-state index contributed by atoms with van der Waals surface area (Å²) < 4.78 is 13.9. The van der Waals surface area contributed by atoms with Crippen LogP contribution in [0.25, 0.3) is 20.7 Å². The van der Waals surface area contributed by atoms with Gasteiger partial charge in [0.2, 0.25) is 5.91 Å². The van der Waals surface area contributed by atoms with Crippen molar-refractivity contribution in [2.45, 2.75) is 18.6 Å². The second-order valence-electron chi connectivity index (χ2n) is 5.99. The molecule has 2 aromatic heterocycles. The zero-order chi connectivity index (χ0) is 17.6. The first-order valence-corrected chi connectivity index (χ1v) is 8.59. The number of hydrogen-bond acceptors (Lipinski definition) is 6. The van der Waals surface area contributed by atoms with Crippen molar-refractivity contribution < 1.29 is 14.3 Å². The second-order valence-corrected chi connectivity index (χ2v) is 7.04. The highest BCUT2D eigenvalue weighted by atomic mass is 32.1. The predicted octanol–water partition coefficient (Wildman–Crippen LogP) is 1.92. The molecule has 25 heavy (non-hydrogen) atoms. The first kappa shape index (κ1) is 15.9. The SMILES string of the molecule is NC(=O)[C@@H]1C[C@H](O)CN1c1ncnc2cc(-c3ccc(F)cc3)sc12. The Labute approximate surface area is 146 Å². The van der Waals surface area contributed by atoms with E-state index in [0.717, 1.165) is 20.7 Å². The predicted molar refractivity (Wildman–Crippen MR) is 93.8 cm³/mol. The van der Waals surface area contributed by atoms with Crippen LogP contribution >= 0.6 is 11.3 Å². The molecule has 1 aliphatic rings. The minimum Gasteiger partial charge on any atom is -0.391 e. The molecular formula is C17H15FN4O2S. The van der Waals surface area contributed by atoms with Gasteiger partial charge in [0.1, 0.15) is 18.2 Å². The van der Waals surface area contributed by atoms with E-state index in [9.17, 15) is 14.3 Å². The van der Waals surface area contributed by atoms with Crippen LogP contribution in [-0.4, -0.2) is 39.7 Å². The van der Waals surface area contributed by atoms with E-state index >= 15 is 0 Å². The Balaban J connectivity index is 1.80. The summed E-state index contributed by atoms with van der Waals surface area (Å²) in [6.45, 7) is 0.295. The van der Waals surface area contributed by atoms with Gasteiger partial charge in [-0.05, 0) is 23.8 Å². The van der Waals surface area contributed by atoms with Crippen LogP contribution in [0.2, 0.25) is 0 Å². The number of aromatic nitrogens is 2. The summed E-state index contributed by atoms with van der Waals surface area (Å²) in [4.78, 5) is 23.0. The number of β-amino-alcohol motifs (C(OH)–C–C–N with tert-alkyl or cyclic N) is 1. The number of carbonyl (C=O) groups excluding carboxylic acids is 1. The van der Waals surface area contributed by atoms with Gasteiger partial charge in [0.25, 0.3) is 0 Å². The summed E-state index contributed by atoms with van der Waals surface area (Å²) in [5.41, 5.74) is 7.09. The molecule has 0 saturated carbocycles. The molecule has 0 radical (unpaired) electrons. The van der Waals surface area contributed by atoms with Crippen LogP contribution in [0.3, 0.4) is 0 Å². The maximum absolute atomic E-state index is 13.1.